The molecule has 3 amide bonds. The molecule has 1 rings (SSSR count). The van der Waals surface area contributed by atoms with Crippen molar-refractivity contribution in [1.82, 2.24) is 10.2 Å². The fourth-order valence-corrected chi connectivity index (χ4v) is 2.39. The number of imide groups is 1. The van der Waals surface area contributed by atoms with E-state index in [9.17, 15) is 19.2 Å². The predicted octanol–water partition coefficient (Wildman–Crippen LogP) is 1.27. The van der Waals surface area contributed by atoms with Gasteiger partial charge in [-0.3, -0.25) is 14.4 Å². The van der Waals surface area contributed by atoms with E-state index in [4.69, 9.17) is 20.3 Å². The zero-order valence-corrected chi connectivity index (χ0v) is 18.5. The van der Waals surface area contributed by atoms with Crippen LogP contribution in [0.5, 0.6) is 0 Å². The topological polar surface area (TPSA) is 148 Å². The molecule has 0 fully saturated rings. The molecule has 0 aliphatic heterocycles. The SMILES string of the molecule is C[C@H](NC(=O)[C@H](C)N(C(=O)OC(C)(C)C)C(=O)[C@@H](N)COCc1ccccc1)C(=O)O. The molecule has 31 heavy (non-hydrogen) atoms. The maximum atomic E-state index is 12.9. The van der Waals surface area contributed by atoms with Crippen LogP contribution in [0.1, 0.15) is 40.2 Å². The number of carbonyl (C=O) groups excluding carboxylic acids is 3. The minimum Gasteiger partial charge on any atom is -0.480 e. The van der Waals surface area contributed by atoms with Crippen molar-refractivity contribution in [1.29, 1.82) is 0 Å². The van der Waals surface area contributed by atoms with Crippen molar-refractivity contribution in [2.75, 3.05) is 6.61 Å². The van der Waals surface area contributed by atoms with E-state index >= 15 is 0 Å². The zero-order valence-electron chi connectivity index (χ0n) is 18.5. The molecule has 0 aliphatic rings. The maximum Gasteiger partial charge on any atom is 0.417 e. The number of nitrogens with one attached hydrogen (secondary N) is 1. The van der Waals surface area contributed by atoms with Crippen LogP contribution >= 0.6 is 0 Å². The lowest BCUT2D eigenvalue weighted by Gasteiger charge is -2.31. The van der Waals surface area contributed by atoms with Gasteiger partial charge in [0.05, 0.1) is 13.2 Å². The Morgan fingerprint density at radius 3 is 2.23 bits per heavy atom. The first-order chi connectivity index (χ1) is 14.3. The molecule has 0 saturated carbocycles. The molecule has 172 valence electrons. The monoisotopic (exact) mass is 437 g/mol. The smallest absolute Gasteiger partial charge is 0.417 e. The van der Waals surface area contributed by atoms with Crippen molar-refractivity contribution in [2.45, 2.75) is 65.0 Å². The molecule has 0 bridgehead atoms. The standard InChI is InChI=1S/C21H31N3O7/c1-13(19(27)28)23-17(25)14(2)24(20(29)31-21(3,4)5)18(26)16(22)12-30-11-15-9-7-6-8-10-15/h6-10,13-14,16H,11-12,22H2,1-5H3,(H,23,25)(H,27,28)/t13-,14-,16-/m0/s1. The van der Waals surface area contributed by atoms with E-state index in [1.165, 1.54) is 13.8 Å². The molecule has 0 radical (unpaired) electrons. The van der Waals surface area contributed by atoms with Crippen molar-refractivity contribution in [3.05, 3.63) is 35.9 Å². The first-order valence-corrected chi connectivity index (χ1v) is 9.80. The molecule has 10 heteroatoms. The summed E-state index contributed by atoms with van der Waals surface area (Å²) >= 11 is 0. The lowest BCUT2D eigenvalue weighted by molar-refractivity contribution is -0.144. The number of amides is 3. The van der Waals surface area contributed by atoms with Crippen molar-refractivity contribution in [3.63, 3.8) is 0 Å². The van der Waals surface area contributed by atoms with E-state index in [1.807, 2.05) is 30.3 Å². The van der Waals surface area contributed by atoms with Crippen LogP contribution < -0.4 is 11.1 Å². The Hall–Kier alpha value is -2.98. The van der Waals surface area contributed by atoms with Gasteiger partial charge in [-0.2, -0.15) is 0 Å². The van der Waals surface area contributed by atoms with E-state index in [0.717, 1.165) is 5.56 Å². The van der Waals surface area contributed by atoms with Crippen LogP contribution in [0, 0.1) is 0 Å². The Labute approximate surface area is 181 Å². The number of nitrogens with zero attached hydrogens (tertiary/aromatic N) is 1. The number of benzene rings is 1. The highest BCUT2D eigenvalue weighted by molar-refractivity contribution is 6.00. The van der Waals surface area contributed by atoms with Gasteiger partial charge in [-0.1, -0.05) is 30.3 Å². The lowest BCUT2D eigenvalue weighted by atomic mass is 10.2. The molecule has 0 heterocycles. The largest absolute Gasteiger partial charge is 0.480 e. The lowest BCUT2D eigenvalue weighted by Crippen LogP contribution is -2.58. The van der Waals surface area contributed by atoms with Crippen LogP contribution in [-0.4, -0.2) is 64.2 Å². The van der Waals surface area contributed by atoms with E-state index < -0.39 is 47.6 Å². The third kappa shape index (κ3) is 8.73. The fourth-order valence-electron chi connectivity index (χ4n) is 2.39. The number of carbonyl (C=O) groups is 4. The summed E-state index contributed by atoms with van der Waals surface area (Å²) in [6, 6.07) is 5.40. The molecule has 0 saturated heterocycles. The summed E-state index contributed by atoms with van der Waals surface area (Å²) in [5.74, 6) is -2.99. The van der Waals surface area contributed by atoms with Gasteiger partial charge in [-0.15, -0.1) is 0 Å². The highest BCUT2D eigenvalue weighted by atomic mass is 16.6. The molecule has 3 atom stereocenters. The number of rotatable bonds is 9. The first-order valence-electron chi connectivity index (χ1n) is 9.80. The van der Waals surface area contributed by atoms with Crippen molar-refractivity contribution in [3.8, 4) is 0 Å². The highest BCUT2D eigenvalue weighted by Gasteiger charge is 2.38. The summed E-state index contributed by atoms with van der Waals surface area (Å²) in [7, 11) is 0. The van der Waals surface area contributed by atoms with Crippen LogP contribution in [0.25, 0.3) is 0 Å². The van der Waals surface area contributed by atoms with Gasteiger partial charge in [0, 0.05) is 0 Å². The number of hydrogen-bond acceptors (Lipinski definition) is 7. The summed E-state index contributed by atoms with van der Waals surface area (Å²) in [6.07, 6.45) is -1.07. The number of aliphatic carboxylic acids is 1. The Kier molecular flexibility index (Phi) is 9.60. The molecule has 10 nitrogen and oxygen atoms in total. The summed E-state index contributed by atoms with van der Waals surface area (Å²) in [5.41, 5.74) is 5.86. The third-order valence-corrected chi connectivity index (χ3v) is 4.05. The average Bonchev–Trinajstić information content (AvgIpc) is 2.67. The van der Waals surface area contributed by atoms with E-state index in [2.05, 4.69) is 5.32 Å². The third-order valence-electron chi connectivity index (χ3n) is 4.05. The number of carboxylic acid groups (broad SMARTS) is 1. The number of ether oxygens (including phenoxy) is 2. The van der Waals surface area contributed by atoms with Gasteiger partial charge in [0.25, 0.3) is 5.91 Å². The minimum atomic E-state index is -1.36. The maximum absolute atomic E-state index is 12.9. The Morgan fingerprint density at radius 2 is 1.71 bits per heavy atom. The summed E-state index contributed by atoms with van der Waals surface area (Å²) in [4.78, 5) is 49.6. The Morgan fingerprint density at radius 1 is 1.13 bits per heavy atom. The normalized spacial score (nSPS) is 14.1. The van der Waals surface area contributed by atoms with Crippen molar-refractivity contribution >= 4 is 23.9 Å². The van der Waals surface area contributed by atoms with Gasteiger partial charge in [0.1, 0.15) is 23.7 Å². The van der Waals surface area contributed by atoms with E-state index in [1.54, 1.807) is 20.8 Å². The van der Waals surface area contributed by atoms with Gasteiger partial charge < -0.3 is 25.6 Å². The van der Waals surface area contributed by atoms with Crippen molar-refractivity contribution < 1.29 is 33.8 Å². The molecule has 4 N–H and O–H groups in total. The van der Waals surface area contributed by atoms with Crippen molar-refractivity contribution in [2.24, 2.45) is 5.73 Å². The quantitative estimate of drug-likeness (QED) is 0.523. The highest BCUT2D eigenvalue weighted by Crippen LogP contribution is 2.14. The van der Waals surface area contributed by atoms with Gasteiger partial charge in [0.2, 0.25) is 5.91 Å². The zero-order chi connectivity index (χ0) is 23.8. The molecule has 1 aromatic carbocycles. The number of hydrogen-bond donors (Lipinski definition) is 3. The number of nitrogens with two attached hydrogens (primary N) is 1. The second-order valence-corrected chi connectivity index (χ2v) is 8.04. The Bertz CT molecular complexity index is 777. The van der Waals surface area contributed by atoms with Crippen LogP contribution in [0.4, 0.5) is 4.79 Å². The minimum absolute atomic E-state index is 0.201. The van der Waals surface area contributed by atoms with Crippen LogP contribution in [0.2, 0.25) is 0 Å². The second kappa shape index (κ2) is 11.4. The predicted molar refractivity (Wildman–Crippen MR) is 112 cm³/mol. The molecule has 0 aliphatic carbocycles. The van der Waals surface area contributed by atoms with E-state index in [-0.39, 0.29) is 13.2 Å². The van der Waals surface area contributed by atoms with Gasteiger partial charge in [0.15, 0.2) is 0 Å². The van der Waals surface area contributed by atoms with Crippen LogP contribution in [0.15, 0.2) is 30.3 Å². The van der Waals surface area contributed by atoms with Gasteiger partial charge >= 0.3 is 12.1 Å². The number of carboxylic acids is 1. The molecule has 0 unspecified atom stereocenters. The molecule has 0 aromatic heterocycles. The molecular weight excluding hydrogens is 406 g/mol. The second-order valence-electron chi connectivity index (χ2n) is 8.04. The van der Waals surface area contributed by atoms with Crippen LogP contribution in [0.3, 0.4) is 0 Å². The van der Waals surface area contributed by atoms with Gasteiger partial charge in [-0.05, 0) is 40.2 Å². The molecule has 0 spiro atoms. The first kappa shape index (κ1) is 26.1. The summed E-state index contributed by atoms with van der Waals surface area (Å²) < 4.78 is 10.7. The van der Waals surface area contributed by atoms with Gasteiger partial charge in [-0.25, -0.2) is 9.69 Å². The molecule has 1 aromatic rings. The Balaban J connectivity index is 2.92. The van der Waals surface area contributed by atoms with Crippen LogP contribution in [-0.2, 0) is 30.5 Å². The average molecular weight is 437 g/mol. The fraction of sp³-hybridized carbons (Fsp3) is 0.524. The molecular formula is C21H31N3O7. The summed E-state index contributed by atoms with van der Waals surface area (Å²) in [5, 5.41) is 11.2. The van der Waals surface area contributed by atoms with E-state index in [0.29, 0.717) is 4.90 Å². The summed E-state index contributed by atoms with van der Waals surface area (Å²) in [6.45, 7) is 7.36.